The molecule has 1 aromatic carbocycles. The Kier molecular flexibility index (Phi) is 4.15. The van der Waals surface area contributed by atoms with E-state index in [-0.39, 0.29) is 22.1 Å². The van der Waals surface area contributed by atoms with E-state index >= 15 is 0 Å². The number of nitrogens with one attached hydrogen (secondary N) is 2. The molecule has 0 saturated carbocycles. The summed E-state index contributed by atoms with van der Waals surface area (Å²) >= 11 is 2.85. The van der Waals surface area contributed by atoms with E-state index in [1.165, 1.54) is 12.1 Å². The van der Waals surface area contributed by atoms with E-state index in [2.05, 4.69) is 26.6 Å². The molecule has 104 valence electrons. The molecule has 2 rings (SSSR count). The lowest BCUT2D eigenvalue weighted by molar-refractivity contribution is -0.138. The topological polar surface area (TPSA) is 41.1 Å². The maximum atomic E-state index is 12.7. The zero-order chi connectivity index (χ0) is 14.0. The normalized spacial score (nSPS) is 19.5. The highest BCUT2D eigenvalue weighted by Gasteiger charge is 2.33. The zero-order valence-corrected chi connectivity index (χ0v) is 11.4. The number of alkyl halides is 3. The summed E-state index contributed by atoms with van der Waals surface area (Å²) in [5.41, 5.74) is -0.654. The van der Waals surface area contributed by atoms with E-state index in [9.17, 15) is 18.0 Å². The predicted molar refractivity (Wildman–Crippen MR) is 68.8 cm³/mol. The van der Waals surface area contributed by atoms with Gasteiger partial charge in [0, 0.05) is 10.2 Å². The van der Waals surface area contributed by atoms with Gasteiger partial charge in [-0.25, -0.2) is 0 Å². The minimum atomic E-state index is -4.45. The van der Waals surface area contributed by atoms with E-state index in [1.807, 2.05) is 0 Å². The summed E-state index contributed by atoms with van der Waals surface area (Å²) in [7, 11) is 0. The third-order valence-electron chi connectivity index (χ3n) is 2.92. The van der Waals surface area contributed by atoms with Gasteiger partial charge in [-0.15, -0.1) is 0 Å². The highest BCUT2D eigenvalue weighted by atomic mass is 79.9. The molecule has 1 aromatic rings. The van der Waals surface area contributed by atoms with Crippen LogP contribution in [0.25, 0.3) is 0 Å². The second-order valence-electron chi connectivity index (χ2n) is 4.33. The van der Waals surface area contributed by atoms with Crippen LogP contribution >= 0.6 is 15.9 Å². The van der Waals surface area contributed by atoms with E-state index in [0.717, 1.165) is 19.0 Å². The van der Waals surface area contributed by atoms with Crippen LogP contribution in [0.2, 0.25) is 0 Å². The standard InChI is InChI=1S/C12H12BrF3N2O/c13-9-4-3-7(6-8(9)12(14,15)16)18-11(19)10-2-1-5-17-10/h3-4,6,10,17H,1-2,5H2,(H,18,19). The summed E-state index contributed by atoms with van der Waals surface area (Å²) in [4.78, 5) is 11.8. The molecule has 0 radical (unpaired) electrons. The molecule has 7 heteroatoms. The molecule has 1 aliphatic heterocycles. The van der Waals surface area contributed by atoms with E-state index < -0.39 is 11.7 Å². The number of carbonyl (C=O) groups is 1. The summed E-state index contributed by atoms with van der Waals surface area (Å²) < 4.78 is 38.1. The molecule has 3 nitrogen and oxygen atoms in total. The van der Waals surface area contributed by atoms with Crippen molar-refractivity contribution in [3.8, 4) is 0 Å². The molecule has 0 aromatic heterocycles. The minimum absolute atomic E-state index is 0.0445. The van der Waals surface area contributed by atoms with Crippen LogP contribution in [-0.2, 0) is 11.0 Å². The molecular weight excluding hydrogens is 325 g/mol. The quantitative estimate of drug-likeness (QED) is 0.871. The minimum Gasteiger partial charge on any atom is -0.325 e. The number of amides is 1. The Morgan fingerprint density at radius 1 is 1.42 bits per heavy atom. The first-order valence-corrected chi connectivity index (χ1v) is 6.58. The Labute approximate surface area is 116 Å². The van der Waals surface area contributed by atoms with Gasteiger partial charge in [0.2, 0.25) is 5.91 Å². The Balaban J connectivity index is 2.15. The van der Waals surface area contributed by atoms with Crippen LogP contribution in [0.4, 0.5) is 18.9 Å². The maximum absolute atomic E-state index is 12.7. The van der Waals surface area contributed by atoms with Gasteiger partial charge in [-0.1, -0.05) is 15.9 Å². The molecule has 19 heavy (non-hydrogen) atoms. The maximum Gasteiger partial charge on any atom is 0.417 e. The fraction of sp³-hybridized carbons (Fsp3) is 0.417. The van der Waals surface area contributed by atoms with Crippen molar-refractivity contribution >= 4 is 27.5 Å². The van der Waals surface area contributed by atoms with Crippen LogP contribution in [0.5, 0.6) is 0 Å². The van der Waals surface area contributed by atoms with Gasteiger partial charge >= 0.3 is 6.18 Å². The smallest absolute Gasteiger partial charge is 0.325 e. The summed E-state index contributed by atoms with van der Waals surface area (Å²) in [6.07, 6.45) is -2.86. The molecule has 1 aliphatic rings. The summed E-state index contributed by atoms with van der Waals surface area (Å²) in [6.45, 7) is 0.756. The highest BCUT2D eigenvalue weighted by Crippen LogP contribution is 2.36. The van der Waals surface area contributed by atoms with E-state index in [4.69, 9.17) is 0 Å². The third kappa shape index (κ3) is 3.48. The predicted octanol–water partition coefficient (Wildman–Crippen LogP) is 3.16. The van der Waals surface area contributed by atoms with Crippen LogP contribution in [0.1, 0.15) is 18.4 Å². The number of hydrogen-bond acceptors (Lipinski definition) is 2. The Morgan fingerprint density at radius 3 is 2.74 bits per heavy atom. The van der Waals surface area contributed by atoms with E-state index in [0.29, 0.717) is 6.42 Å². The average molecular weight is 337 g/mol. The fourth-order valence-corrected chi connectivity index (χ4v) is 2.43. The molecular formula is C12H12BrF3N2O. The van der Waals surface area contributed by atoms with Gasteiger partial charge in [-0.2, -0.15) is 13.2 Å². The van der Waals surface area contributed by atoms with Crippen molar-refractivity contribution in [1.29, 1.82) is 0 Å². The van der Waals surface area contributed by atoms with Crippen molar-refractivity contribution in [3.05, 3.63) is 28.2 Å². The number of anilines is 1. The average Bonchev–Trinajstić information content (AvgIpc) is 2.83. The summed E-state index contributed by atoms with van der Waals surface area (Å²) in [6, 6.07) is 3.32. The molecule has 1 amide bonds. The SMILES string of the molecule is O=C(Nc1ccc(Br)c(C(F)(F)F)c1)C1CCCN1. The number of benzene rings is 1. The Morgan fingerprint density at radius 2 is 2.16 bits per heavy atom. The van der Waals surface area contributed by atoms with Gasteiger partial charge in [-0.3, -0.25) is 4.79 Å². The van der Waals surface area contributed by atoms with Crippen molar-refractivity contribution < 1.29 is 18.0 Å². The lowest BCUT2D eigenvalue weighted by atomic mass is 10.1. The van der Waals surface area contributed by atoms with Gasteiger partial charge in [0.1, 0.15) is 0 Å². The zero-order valence-electron chi connectivity index (χ0n) is 9.85. The second kappa shape index (κ2) is 5.50. The number of carbonyl (C=O) groups excluding carboxylic acids is 1. The first-order valence-electron chi connectivity index (χ1n) is 5.79. The van der Waals surface area contributed by atoms with Crippen LogP contribution in [-0.4, -0.2) is 18.5 Å². The first-order chi connectivity index (χ1) is 8.88. The number of rotatable bonds is 2. The highest BCUT2D eigenvalue weighted by molar-refractivity contribution is 9.10. The number of hydrogen-bond donors (Lipinski definition) is 2. The van der Waals surface area contributed by atoms with Crippen molar-refractivity contribution in [3.63, 3.8) is 0 Å². The Bertz CT molecular complexity index is 484. The lowest BCUT2D eigenvalue weighted by Crippen LogP contribution is -2.35. The largest absolute Gasteiger partial charge is 0.417 e. The van der Waals surface area contributed by atoms with E-state index in [1.54, 1.807) is 0 Å². The van der Waals surface area contributed by atoms with Crippen molar-refractivity contribution in [2.24, 2.45) is 0 Å². The van der Waals surface area contributed by atoms with Crippen LogP contribution < -0.4 is 10.6 Å². The van der Waals surface area contributed by atoms with Gasteiger partial charge in [0.15, 0.2) is 0 Å². The lowest BCUT2D eigenvalue weighted by Gasteiger charge is -2.14. The molecule has 2 N–H and O–H groups in total. The van der Waals surface area contributed by atoms with Crippen molar-refractivity contribution in [1.82, 2.24) is 5.32 Å². The first kappa shape index (κ1) is 14.3. The van der Waals surface area contributed by atoms with Gasteiger partial charge in [0.25, 0.3) is 0 Å². The fourth-order valence-electron chi connectivity index (χ4n) is 1.96. The molecule has 1 fully saturated rings. The Hall–Kier alpha value is -1.08. The third-order valence-corrected chi connectivity index (χ3v) is 3.61. The number of halogens is 4. The molecule has 1 saturated heterocycles. The second-order valence-corrected chi connectivity index (χ2v) is 5.18. The van der Waals surface area contributed by atoms with Crippen LogP contribution in [0, 0.1) is 0 Å². The van der Waals surface area contributed by atoms with Crippen LogP contribution in [0.3, 0.4) is 0 Å². The van der Waals surface area contributed by atoms with Gasteiger partial charge in [0.05, 0.1) is 11.6 Å². The molecule has 1 heterocycles. The van der Waals surface area contributed by atoms with Crippen molar-refractivity contribution in [2.75, 3.05) is 11.9 Å². The van der Waals surface area contributed by atoms with Gasteiger partial charge in [-0.05, 0) is 37.6 Å². The molecule has 0 aliphatic carbocycles. The van der Waals surface area contributed by atoms with Crippen LogP contribution in [0.15, 0.2) is 22.7 Å². The molecule has 1 atom stereocenters. The molecule has 0 spiro atoms. The van der Waals surface area contributed by atoms with Crippen molar-refractivity contribution in [2.45, 2.75) is 25.1 Å². The monoisotopic (exact) mass is 336 g/mol. The molecule has 1 unspecified atom stereocenters. The summed E-state index contributed by atoms with van der Waals surface area (Å²) in [5, 5.41) is 5.49. The molecule has 0 bridgehead atoms. The van der Waals surface area contributed by atoms with Gasteiger partial charge < -0.3 is 10.6 Å². The summed E-state index contributed by atoms with van der Waals surface area (Å²) in [5.74, 6) is -0.298.